The lowest BCUT2D eigenvalue weighted by atomic mass is 10.1. The Morgan fingerprint density at radius 1 is 1.03 bits per heavy atom. The number of benzene rings is 3. The number of para-hydroxylation sites is 1. The summed E-state index contributed by atoms with van der Waals surface area (Å²) in [6, 6.07) is 17.2. The number of carbonyl (C=O) groups excluding carboxylic acids is 1. The first kappa shape index (κ1) is 25.0. The molecule has 0 aliphatic rings. The van der Waals surface area contributed by atoms with Crippen LogP contribution in [0.4, 0.5) is 10.1 Å². The van der Waals surface area contributed by atoms with Gasteiger partial charge in [-0.1, -0.05) is 24.3 Å². The molecule has 9 heteroatoms. The highest BCUT2D eigenvalue weighted by atomic mass is 32.2. The lowest BCUT2D eigenvalue weighted by molar-refractivity contribution is 0.0939. The minimum Gasteiger partial charge on any atom is -0.497 e. The molecule has 180 valence electrons. The quantitative estimate of drug-likeness (QED) is 0.488. The largest absolute Gasteiger partial charge is 0.497 e. The Kier molecular flexibility index (Phi) is 7.78. The second-order valence-corrected chi connectivity index (χ2v) is 9.63. The Morgan fingerprint density at radius 3 is 2.29 bits per heavy atom. The molecule has 0 bridgehead atoms. The molecule has 1 atom stereocenters. The van der Waals surface area contributed by atoms with Crippen LogP contribution in [-0.2, 0) is 16.6 Å². The number of amides is 1. The van der Waals surface area contributed by atoms with Crippen LogP contribution >= 0.6 is 0 Å². The highest BCUT2D eigenvalue weighted by Gasteiger charge is 2.21. The van der Waals surface area contributed by atoms with E-state index in [9.17, 15) is 17.6 Å². The molecule has 0 aliphatic heterocycles. The molecule has 0 aromatic heterocycles. The van der Waals surface area contributed by atoms with Crippen molar-refractivity contribution in [3.05, 3.63) is 89.2 Å². The van der Waals surface area contributed by atoms with Gasteiger partial charge in [0.25, 0.3) is 5.91 Å². The van der Waals surface area contributed by atoms with Gasteiger partial charge in [0.05, 0.1) is 38.7 Å². The average Bonchev–Trinajstić information content (AvgIpc) is 2.82. The van der Waals surface area contributed by atoms with Gasteiger partial charge in [0.1, 0.15) is 17.3 Å². The number of nitrogens with zero attached hydrogens (tertiary/aromatic N) is 1. The maximum Gasteiger partial charge on any atom is 0.251 e. The van der Waals surface area contributed by atoms with Crippen LogP contribution in [0.3, 0.4) is 0 Å². The molecular formula is C25H27FN2O5S. The van der Waals surface area contributed by atoms with Gasteiger partial charge in [-0.25, -0.2) is 12.8 Å². The number of halogens is 1. The molecule has 34 heavy (non-hydrogen) atoms. The topological polar surface area (TPSA) is 84.9 Å². The maximum atomic E-state index is 14.2. The predicted molar refractivity (Wildman–Crippen MR) is 129 cm³/mol. The molecule has 0 fully saturated rings. The summed E-state index contributed by atoms with van der Waals surface area (Å²) >= 11 is 0. The van der Waals surface area contributed by atoms with Gasteiger partial charge in [0.15, 0.2) is 0 Å². The molecule has 0 aliphatic carbocycles. The Morgan fingerprint density at radius 2 is 1.71 bits per heavy atom. The fraction of sp³-hybridized carbons (Fsp3) is 0.240. The molecule has 0 saturated heterocycles. The number of sulfonamides is 1. The summed E-state index contributed by atoms with van der Waals surface area (Å²) in [6.45, 7) is 1.76. The third kappa shape index (κ3) is 5.85. The monoisotopic (exact) mass is 486 g/mol. The fourth-order valence-electron chi connectivity index (χ4n) is 3.50. The molecule has 3 aromatic rings. The van der Waals surface area contributed by atoms with Crippen LogP contribution in [0.5, 0.6) is 11.5 Å². The zero-order chi connectivity index (χ0) is 24.9. The van der Waals surface area contributed by atoms with E-state index in [1.807, 2.05) is 6.92 Å². The summed E-state index contributed by atoms with van der Waals surface area (Å²) in [7, 11) is -0.614. The number of nitrogens with one attached hydrogen (secondary N) is 1. The van der Waals surface area contributed by atoms with Crippen molar-refractivity contribution in [1.82, 2.24) is 5.32 Å². The summed E-state index contributed by atoms with van der Waals surface area (Å²) in [5, 5.41) is 2.93. The number of methoxy groups -OCH3 is 2. The molecule has 1 N–H and O–H groups in total. The lowest BCUT2D eigenvalue weighted by Crippen LogP contribution is -2.30. The molecule has 1 amide bonds. The molecule has 0 saturated carbocycles. The summed E-state index contributed by atoms with van der Waals surface area (Å²) < 4.78 is 50.5. The van der Waals surface area contributed by atoms with E-state index in [4.69, 9.17) is 9.47 Å². The Bertz CT molecular complexity index is 1260. The van der Waals surface area contributed by atoms with Crippen molar-refractivity contribution in [1.29, 1.82) is 0 Å². The van der Waals surface area contributed by atoms with Gasteiger partial charge in [-0.3, -0.25) is 9.10 Å². The highest BCUT2D eigenvalue weighted by molar-refractivity contribution is 7.92. The number of hydrogen-bond acceptors (Lipinski definition) is 5. The van der Waals surface area contributed by atoms with Crippen molar-refractivity contribution >= 4 is 21.6 Å². The van der Waals surface area contributed by atoms with Crippen molar-refractivity contribution in [3.63, 3.8) is 0 Å². The van der Waals surface area contributed by atoms with Crippen LogP contribution in [0.2, 0.25) is 0 Å². The van der Waals surface area contributed by atoms with E-state index >= 15 is 0 Å². The first-order chi connectivity index (χ1) is 16.1. The molecule has 7 nitrogen and oxygen atoms in total. The van der Waals surface area contributed by atoms with Crippen molar-refractivity contribution in [2.75, 3.05) is 24.8 Å². The van der Waals surface area contributed by atoms with Crippen LogP contribution in [0.15, 0.2) is 66.7 Å². The molecule has 3 rings (SSSR count). The van der Waals surface area contributed by atoms with Crippen molar-refractivity contribution < 1.29 is 27.1 Å². The van der Waals surface area contributed by atoms with Gasteiger partial charge in [-0.15, -0.1) is 0 Å². The zero-order valence-corrected chi connectivity index (χ0v) is 20.2. The van der Waals surface area contributed by atoms with Gasteiger partial charge in [0, 0.05) is 11.1 Å². The SMILES string of the molecule is COc1ccc(OC)c([C@@H](C)NC(=O)c2ccc(CN(c3ccccc3F)S(C)(=O)=O)cc2)c1. The molecule has 3 aromatic carbocycles. The van der Waals surface area contributed by atoms with Crippen LogP contribution in [0.25, 0.3) is 0 Å². The van der Waals surface area contributed by atoms with E-state index < -0.39 is 15.8 Å². The van der Waals surface area contributed by atoms with Gasteiger partial charge in [-0.2, -0.15) is 0 Å². The van der Waals surface area contributed by atoms with E-state index in [0.717, 1.165) is 16.1 Å². The smallest absolute Gasteiger partial charge is 0.251 e. The van der Waals surface area contributed by atoms with Gasteiger partial charge >= 0.3 is 0 Å². The Balaban J connectivity index is 1.76. The maximum absolute atomic E-state index is 14.2. The van der Waals surface area contributed by atoms with Crippen LogP contribution < -0.4 is 19.1 Å². The predicted octanol–water partition coefficient (Wildman–Crippen LogP) is 4.30. The highest BCUT2D eigenvalue weighted by Crippen LogP contribution is 2.29. The molecule has 0 spiro atoms. The van der Waals surface area contributed by atoms with Gasteiger partial charge in [-0.05, 0) is 55.0 Å². The van der Waals surface area contributed by atoms with E-state index in [-0.39, 0.29) is 24.2 Å². The molecule has 0 heterocycles. The van der Waals surface area contributed by atoms with Gasteiger partial charge in [0.2, 0.25) is 10.0 Å². The average molecular weight is 487 g/mol. The number of carbonyl (C=O) groups is 1. The van der Waals surface area contributed by atoms with Crippen LogP contribution in [0, 0.1) is 5.82 Å². The second-order valence-electron chi connectivity index (χ2n) is 7.72. The fourth-order valence-corrected chi connectivity index (χ4v) is 4.39. The number of rotatable bonds is 9. The number of ether oxygens (including phenoxy) is 2. The minimum absolute atomic E-state index is 0.0344. The van der Waals surface area contributed by atoms with Crippen molar-refractivity contribution in [2.45, 2.75) is 19.5 Å². The van der Waals surface area contributed by atoms with E-state index in [0.29, 0.717) is 22.6 Å². The van der Waals surface area contributed by atoms with Crippen LogP contribution in [-0.4, -0.2) is 34.8 Å². The molecule has 0 radical (unpaired) electrons. The first-order valence-corrected chi connectivity index (χ1v) is 12.3. The zero-order valence-electron chi connectivity index (χ0n) is 19.4. The number of hydrogen-bond donors (Lipinski definition) is 1. The summed E-state index contributed by atoms with van der Waals surface area (Å²) in [5.41, 5.74) is 1.73. The summed E-state index contributed by atoms with van der Waals surface area (Å²) in [6.07, 6.45) is 1.02. The molecule has 0 unspecified atom stereocenters. The Hall–Kier alpha value is -3.59. The van der Waals surface area contributed by atoms with Crippen molar-refractivity contribution in [3.8, 4) is 11.5 Å². The summed E-state index contributed by atoms with van der Waals surface area (Å²) in [5.74, 6) is 0.327. The first-order valence-electron chi connectivity index (χ1n) is 10.5. The number of anilines is 1. The van der Waals surface area contributed by atoms with E-state index in [2.05, 4.69) is 5.32 Å². The van der Waals surface area contributed by atoms with Crippen LogP contribution in [0.1, 0.15) is 34.5 Å². The van der Waals surface area contributed by atoms with Gasteiger partial charge < -0.3 is 14.8 Å². The second kappa shape index (κ2) is 10.6. The Labute approximate surface area is 199 Å². The summed E-state index contributed by atoms with van der Waals surface area (Å²) in [4.78, 5) is 12.8. The van der Waals surface area contributed by atoms with E-state index in [1.54, 1.807) is 62.8 Å². The standard InChI is InChI=1S/C25H27FN2O5S/c1-17(21-15-20(32-2)13-14-24(21)33-3)27-25(29)19-11-9-18(10-12-19)16-28(34(4,30)31)23-8-6-5-7-22(23)26/h5-15,17H,16H2,1-4H3,(H,27,29)/t17-/m1/s1. The normalized spacial score (nSPS) is 12.0. The van der Waals surface area contributed by atoms with Crippen molar-refractivity contribution in [2.24, 2.45) is 0 Å². The third-order valence-corrected chi connectivity index (χ3v) is 6.44. The van der Waals surface area contributed by atoms with E-state index in [1.165, 1.54) is 18.2 Å². The minimum atomic E-state index is -3.73. The third-order valence-electron chi connectivity index (χ3n) is 5.31. The lowest BCUT2D eigenvalue weighted by Gasteiger charge is -2.23. The molecular weight excluding hydrogens is 459 g/mol.